The molecule has 1 heterocycles. The molecule has 0 atom stereocenters. The van der Waals surface area contributed by atoms with Gasteiger partial charge in [0, 0.05) is 16.0 Å². The topological polar surface area (TPSA) is 65.8 Å². The summed E-state index contributed by atoms with van der Waals surface area (Å²) >= 11 is 1.05. The molecule has 0 saturated carbocycles. The Kier molecular flexibility index (Phi) is 2.15. The molecule has 4 nitrogen and oxygen atoms in total. The fraction of sp³-hybridized carbons (Fsp3) is 0. The van der Waals surface area contributed by atoms with Crippen LogP contribution in [0.25, 0.3) is 10.4 Å². The summed E-state index contributed by atoms with van der Waals surface area (Å²) in [6.45, 7) is 0. The zero-order chi connectivity index (χ0) is 7.40. The molecule has 0 fully saturated rings. The first-order chi connectivity index (χ1) is 4.83. The molecular weight excluding hydrogens is 150 g/mol. The van der Waals surface area contributed by atoms with E-state index >= 15 is 0 Å². The molecule has 0 N–H and O–H groups in total. The summed E-state index contributed by atoms with van der Waals surface area (Å²) < 4.78 is 0. The Hall–Kier alpha value is -1.19. The van der Waals surface area contributed by atoms with E-state index < -0.39 is 0 Å². The maximum atomic E-state index is 10.5. The molecule has 0 aromatic carbocycles. The average molecular weight is 153 g/mol. The molecule has 0 bridgehead atoms. The lowest BCUT2D eigenvalue weighted by Crippen LogP contribution is -1.72. The smallest absolute Gasteiger partial charge is 0.216 e. The van der Waals surface area contributed by atoms with Crippen LogP contribution in [-0.4, -0.2) is 5.12 Å². The second-order valence-corrected chi connectivity index (χ2v) is 2.57. The van der Waals surface area contributed by atoms with Crippen molar-refractivity contribution >= 4 is 16.9 Å². The Labute approximate surface area is 61.2 Å². The maximum absolute atomic E-state index is 10.5. The molecule has 0 aliphatic carbocycles. The summed E-state index contributed by atoms with van der Waals surface area (Å²) in [5.41, 5.74) is 7.89. The highest BCUT2D eigenvalue weighted by Crippen LogP contribution is 2.24. The number of hydrogen-bond donors (Lipinski definition) is 0. The second kappa shape index (κ2) is 3.10. The van der Waals surface area contributed by atoms with Crippen LogP contribution in [0.4, 0.5) is 0 Å². The fourth-order valence-electron chi connectivity index (χ4n) is 0.486. The third kappa shape index (κ3) is 1.65. The predicted molar refractivity (Wildman–Crippen MR) is 39.0 cm³/mol. The minimum Gasteiger partial charge on any atom is -0.282 e. The maximum Gasteiger partial charge on any atom is 0.216 e. The first kappa shape index (κ1) is 6.92. The summed E-state index contributed by atoms with van der Waals surface area (Å²) in [7, 11) is 0. The van der Waals surface area contributed by atoms with Crippen LogP contribution in [0.2, 0.25) is 0 Å². The van der Waals surface area contributed by atoms with Crippen molar-refractivity contribution in [3.63, 3.8) is 0 Å². The Morgan fingerprint density at radius 1 is 1.70 bits per heavy atom. The molecule has 0 aromatic rings. The van der Waals surface area contributed by atoms with E-state index in [4.69, 9.17) is 5.53 Å². The van der Waals surface area contributed by atoms with Gasteiger partial charge in [0.1, 0.15) is 0 Å². The molecule has 0 amide bonds. The number of azide groups is 1. The van der Waals surface area contributed by atoms with Gasteiger partial charge in [0.2, 0.25) is 5.12 Å². The Bertz CT molecular complexity index is 262. The average Bonchev–Trinajstić information content (AvgIpc) is 2.31. The van der Waals surface area contributed by atoms with Gasteiger partial charge in [-0.3, -0.25) is 4.79 Å². The molecule has 1 aliphatic heterocycles. The number of hydrogen-bond acceptors (Lipinski definition) is 3. The summed E-state index contributed by atoms with van der Waals surface area (Å²) in [6.07, 6.45) is 4.36. The van der Waals surface area contributed by atoms with Gasteiger partial charge in [0.15, 0.2) is 0 Å². The predicted octanol–water partition coefficient (Wildman–Crippen LogP) is 1.97. The molecule has 0 spiro atoms. The van der Waals surface area contributed by atoms with Crippen LogP contribution in [0.5, 0.6) is 0 Å². The molecule has 0 radical (unpaired) electrons. The minimum absolute atomic E-state index is 0.0283. The number of nitrogens with zero attached hydrogens (tertiary/aromatic N) is 3. The van der Waals surface area contributed by atoms with E-state index in [-0.39, 0.29) is 5.12 Å². The van der Waals surface area contributed by atoms with Crippen molar-refractivity contribution in [2.75, 3.05) is 0 Å². The SMILES string of the molecule is [N-]=[N+]=N/C=C1/C=CC(=O)S1. The third-order valence-corrected chi connectivity index (χ3v) is 1.65. The van der Waals surface area contributed by atoms with Gasteiger partial charge in [-0.2, -0.15) is 0 Å². The fourth-order valence-corrected chi connectivity index (χ4v) is 1.09. The van der Waals surface area contributed by atoms with Crippen LogP contribution in [0, 0.1) is 0 Å². The van der Waals surface area contributed by atoms with E-state index in [1.54, 1.807) is 6.08 Å². The van der Waals surface area contributed by atoms with Crippen molar-refractivity contribution < 1.29 is 4.79 Å². The van der Waals surface area contributed by atoms with Gasteiger partial charge in [-0.05, 0) is 29.4 Å². The van der Waals surface area contributed by atoms with E-state index in [1.807, 2.05) is 0 Å². The highest BCUT2D eigenvalue weighted by molar-refractivity contribution is 8.17. The minimum atomic E-state index is -0.0283. The van der Waals surface area contributed by atoms with Gasteiger partial charge in [0.05, 0.1) is 0 Å². The largest absolute Gasteiger partial charge is 0.282 e. The van der Waals surface area contributed by atoms with E-state index in [0.29, 0.717) is 4.91 Å². The zero-order valence-corrected chi connectivity index (χ0v) is 5.71. The number of carbonyl (C=O) groups is 1. The lowest BCUT2D eigenvalue weighted by Gasteiger charge is -1.83. The number of rotatable bonds is 1. The number of allylic oxidation sites excluding steroid dienone is 1. The normalized spacial score (nSPS) is 19.6. The third-order valence-electron chi connectivity index (χ3n) is 0.839. The van der Waals surface area contributed by atoms with Crippen LogP contribution in [0.1, 0.15) is 0 Å². The molecule has 10 heavy (non-hydrogen) atoms. The quantitative estimate of drug-likeness (QED) is 0.328. The Morgan fingerprint density at radius 2 is 2.50 bits per heavy atom. The van der Waals surface area contributed by atoms with Gasteiger partial charge in [-0.25, -0.2) is 0 Å². The van der Waals surface area contributed by atoms with Crippen molar-refractivity contribution in [1.29, 1.82) is 0 Å². The highest BCUT2D eigenvalue weighted by Gasteiger charge is 2.07. The molecule has 1 aliphatic rings. The number of thioether (sulfide) groups is 1. The van der Waals surface area contributed by atoms with Crippen LogP contribution < -0.4 is 0 Å². The van der Waals surface area contributed by atoms with Crippen molar-refractivity contribution in [1.82, 2.24) is 0 Å². The molecule has 0 unspecified atom stereocenters. The Balaban J connectivity index is 2.70. The molecule has 5 heteroatoms. The summed E-state index contributed by atoms with van der Waals surface area (Å²) in [5, 5.41) is 3.15. The summed E-state index contributed by atoms with van der Waals surface area (Å²) in [5.74, 6) is 0. The second-order valence-electron chi connectivity index (χ2n) is 1.49. The van der Waals surface area contributed by atoms with Crippen molar-refractivity contribution in [2.24, 2.45) is 5.11 Å². The lowest BCUT2D eigenvalue weighted by molar-refractivity contribution is -0.106. The van der Waals surface area contributed by atoms with Gasteiger partial charge < -0.3 is 0 Å². The van der Waals surface area contributed by atoms with Crippen molar-refractivity contribution in [2.45, 2.75) is 0 Å². The van der Waals surface area contributed by atoms with E-state index in [1.165, 1.54) is 12.3 Å². The van der Waals surface area contributed by atoms with E-state index in [0.717, 1.165) is 11.8 Å². The molecular formula is C5H3N3OS. The lowest BCUT2D eigenvalue weighted by atomic mass is 10.5. The van der Waals surface area contributed by atoms with Gasteiger partial charge in [-0.1, -0.05) is 5.11 Å². The monoisotopic (exact) mass is 153 g/mol. The molecule has 1 rings (SSSR count). The zero-order valence-electron chi connectivity index (χ0n) is 4.89. The Morgan fingerprint density at radius 3 is 3.00 bits per heavy atom. The van der Waals surface area contributed by atoms with E-state index in [2.05, 4.69) is 10.0 Å². The first-order valence-electron chi connectivity index (χ1n) is 2.47. The van der Waals surface area contributed by atoms with Crippen molar-refractivity contribution in [3.05, 3.63) is 33.7 Å². The van der Waals surface area contributed by atoms with Gasteiger partial charge >= 0.3 is 0 Å². The standard InChI is InChI=1S/C5H3N3OS/c6-8-7-3-4-1-2-5(9)10-4/h1-3H/b4-3-. The summed E-state index contributed by atoms with van der Waals surface area (Å²) in [4.78, 5) is 13.7. The van der Waals surface area contributed by atoms with E-state index in [9.17, 15) is 4.79 Å². The molecule has 0 aromatic heterocycles. The van der Waals surface area contributed by atoms with Crippen LogP contribution in [0.15, 0.2) is 28.4 Å². The van der Waals surface area contributed by atoms with Crippen LogP contribution in [-0.2, 0) is 4.79 Å². The first-order valence-corrected chi connectivity index (χ1v) is 3.29. The van der Waals surface area contributed by atoms with Crippen LogP contribution >= 0.6 is 11.8 Å². The van der Waals surface area contributed by atoms with Crippen LogP contribution in [0.3, 0.4) is 0 Å². The van der Waals surface area contributed by atoms with Gasteiger partial charge in [-0.15, -0.1) is 0 Å². The van der Waals surface area contributed by atoms with Crippen molar-refractivity contribution in [3.8, 4) is 0 Å². The highest BCUT2D eigenvalue weighted by atomic mass is 32.2. The molecule has 50 valence electrons. The molecule has 0 saturated heterocycles. The summed E-state index contributed by atoms with van der Waals surface area (Å²) in [6, 6.07) is 0. The number of carbonyl (C=O) groups excluding carboxylic acids is 1. The van der Waals surface area contributed by atoms with Gasteiger partial charge in [0.25, 0.3) is 0 Å².